The predicted molar refractivity (Wildman–Crippen MR) is 42.2 cm³/mol. The minimum absolute atomic E-state index is 0.840. The molecule has 0 atom stereocenters. The van der Waals surface area contributed by atoms with Crippen LogP contribution in [0.1, 0.15) is 12.8 Å². The Kier molecular flexibility index (Phi) is 1.81. The summed E-state index contributed by atoms with van der Waals surface area (Å²) in [5, 5.41) is 1.99. The van der Waals surface area contributed by atoms with Crippen molar-refractivity contribution in [3.05, 3.63) is 18.3 Å². The standard InChI is InChI=1S/C8H12N2O/c1-2-7-10(6-1)11-8-4-3-5-9-8/h3-5,9H,1-2,6-7H2. The third-order valence-electron chi connectivity index (χ3n) is 1.86. The average Bonchev–Trinajstić information content (AvgIpc) is 2.60. The van der Waals surface area contributed by atoms with Crippen molar-refractivity contribution >= 4 is 0 Å². The van der Waals surface area contributed by atoms with Crippen LogP contribution in [0.15, 0.2) is 18.3 Å². The molecule has 11 heavy (non-hydrogen) atoms. The zero-order chi connectivity index (χ0) is 7.52. The molecule has 0 bridgehead atoms. The Morgan fingerprint density at radius 2 is 2.18 bits per heavy atom. The predicted octanol–water partition coefficient (Wildman–Crippen LogP) is 1.40. The third-order valence-corrected chi connectivity index (χ3v) is 1.86. The van der Waals surface area contributed by atoms with Crippen LogP contribution in [0.5, 0.6) is 5.88 Å². The van der Waals surface area contributed by atoms with Crippen molar-refractivity contribution in [2.75, 3.05) is 13.1 Å². The molecule has 0 unspecified atom stereocenters. The van der Waals surface area contributed by atoms with Gasteiger partial charge in [-0.3, -0.25) is 0 Å². The van der Waals surface area contributed by atoms with Gasteiger partial charge >= 0.3 is 0 Å². The van der Waals surface area contributed by atoms with E-state index in [1.807, 2.05) is 23.4 Å². The Bertz CT molecular complexity index is 202. The van der Waals surface area contributed by atoms with Crippen LogP contribution >= 0.6 is 0 Å². The second-order valence-electron chi connectivity index (χ2n) is 2.76. The highest BCUT2D eigenvalue weighted by Gasteiger charge is 2.12. The van der Waals surface area contributed by atoms with Crippen LogP contribution in [0.4, 0.5) is 0 Å². The molecule has 1 saturated heterocycles. The Labute approximate surface area is 65.9 Å². The fourth-order valence-corrected chi connectivity index (χ4v) is 1.29. The Balaban J connectivity index is 1.90. The molecular weight excluding hydrogens is 140 g/mol. The van der Waals surface area contributed by atoms with E-state index in [2.05, 4.69) is 4.98 Å². The highest BCUT2D eigenvalue weighted by Crippen LogP contribution is 2.12. The summed E-state index contributed by atoms with van der Waals surface area (Å²) in [6.07, 6.45) is 4.37. The van der Waals surface area contributed by atoms with Crippen molar-refractivity contribution in [1.82, 2.24) is 10.0 Å². The van der Waals surface area contributed by atoms with Crippen molar-refractivity contribution < 1.29 is 4.84 Å². The molecule has 1 aromatic heterocycles. The molecule has 1 aliphatic rings. The van der Waals surface area contributed by atoms with Gasteiger partial charge in [-0.25, -0.2) is 0 Å². The van der Waals surface area contributed by atoms with Crippen LogP contribution in [0, 0.1) is 0 Å². The lowest BCUT2D eigenvalue weighted by atomic mass is 10.4. The summed E-state index contributed by atoms with van der Waals surface area (Å²) in [5.41, 5.74) is 0. The van der Waals surface area contributed by atoms with Crippen LogP contribution in [-0.2, 0) is 0 Å². The van der Waals surface area contributed by atoms with Crippen LogP contribution < -0.4 is 4.84 Å². The first-order valence-corrected chi connectivity index (χ1v) is 4.01. The van der Waals surface area contributed by atoms with Crippen LogP contribution in [-0.4, -0.2) is 23.1 Å². The lowest BCUT2D eigenvalue weighted by Gasteiger charge is -2.13. The summed E-state index contributed by atoms with van der Waals surface area (Å²) < 4.78 is 0. The molecule has 0 aromatic carbocycles. The second-order valence-corrected chi connectivity index (χ2v) is 2.76. The normalized spacial score (nSPS) is 18.9. The Morgan fingerprint density at radius 3 is 2.82 bits per heavy atom. The summed E-state index contributed by atoms with van der Waals surface area (Å²) in [5.74, 6) is 0.840. The van der Waals surface area contributed by atoms with Crippen LogP contribution in [0.2, 0.25) is 0 Å². The van der Waals surface area contributed by atoms with Gasteiger partial charge in [-0.15, -0.1) is 5.06 Å². The summed E-state index contributed by atoms with van der Waals surface area (Å²) >= 11 is 0. The van der Waals surface area contributed by atoms with Gasteiger partial charge < -0.3 is 9.82 Å². The highest BCUT2D eigenvalue weighted by atomic mass is 16.7. The van der Waals surface area contributed by atoms with E-state index in [0.29, 0.717) is 0 Å². The SMILES string of the molecule is c1c[nH]c(ON2CCCC2)c1. The maximum absolute atomic E-state index is 5.49. The van der Waals surface area contributed by atoms with Crippen molar-refractivity contribution in [2.45, 2.75) is 12.8 Å². The largest absolute Gasteiger partial charge is 0.388 e. The summed E-state index contributed by atoms with van der Waals surface area (Å²) in [6, 6.07) is 3.86. The van der Waals surface area contributed by atoms with Crippen LogP contribution in [0.3, 0.4) is 0 Å². The Hall–Kier alpha value is -0.960. The minimum Gasteiger partial charge on any atom is -0.388 e. The fourth-order valence-electron chi connectivity index (χ4n) is 1.29. The maximum atomic E-state index is 5.49. The number of aromatic nitrogens is 1. The molecule has 0 saturated carbocycles. The Morgan fingerprint density at radius 1 is 1.36 bits per heavy atom. The number of hydrogen-bond acceptors (Lipinski definition) is 2. The molecule has 1 N–H and O–H groups in total. The van der Waals surface area contributed by atoms with Crippen molar-refractivity contribution in [1.29, 1.82) is 0 Å². The quantitative estimate of drug-likeness (QED) is 0.694. The smallest absolute Gasteiger partial charge is 0.216 e. The molecule has 1 fully saturated rings. The first-order chi connectivity index (χ1) is 5.45. The molecule has 2 rings (SSSR count). The molecule has 3 heteroatoms. The van der Waals surface area contributed by atoms with Crippen molar-refractivity contribution in [3.8, 4) is 5.88 Å². The zero-order valence-electron chi connectivity index (χ0n) is 6.42. The maximum Gasteiger partial charge on any atom is 0.216 e. The van der Waals surface area contributed by atoms with Crippen molar-refractivity contribution in [2.24, 2.45) is 0 Å². The minimum atomic E-state index is 0.840. The third kappa shape index (κ3) is 1.54. The number of aromatic amines is 1. The van der Waals surface area contributed by atoms with Gasteiger partial charge in [-0.1, -0.05) is 0 Å². The molecule has 0 amide bonds. The molecule has 1 aliphatic heterocycles. The van der Waals surface area contributed by atoms with E-state index in [-0.39, 0.29) is 0 Å². The van der Waals surface area contributed by atoms with Gasteiger partial charge in [0.05, 0.1) is 0 Å². The van der Waals surface area contributed by atoms with Gasteiger partial charge in [-0.05, 0) is 18.9 Å². The number of nitrogens with zero attached hydrogens (tertiary/aromatic N) is 1. The van der Waals surface area contributed by atoms with E-state index in [4.69, 9.17) is 4.84 Å². The van der Waals surface area contributed by atoms with E-state index >= 15 is 0 Å². The van der Waals surface area contributed by atoms with Gasteiger partial charge in [0.25, 0.3) is 0 Å². The van der Waals surface area contributed by atoms with Crippen LogP contribution in [0.25, 0.3) is 0 Å². The summed E-state index contributed by atoms with van der Waals surface area (Å²) in [6.45, 7) is 2.11. The molecule has 0 radical (unpaired) electrons. The highest BCUT2D eigenvalue weighted by molar-refractivity contribution is 5.09. The molecular formula is C8H12N2O. The molecule has 1 aromatic rings. The first kappa shape index (κ1) is 6.73. The number of H-pyrrole nitrogens is 1. The van der Waals surface area contributed by atoms with Gasteiger partial charge in [0.15, 0.2) is 0 Å². The van der Waals surface area contributed by atoms with Gasteiger partial charge in [-0.2, -0.15) is 0 Å². The molecule has 0 spiro atoms. The first-order valence-electron chi connectivity index (χ1n) is 4.01. The van der Waals surface area contributed by atoms with Gasteiger partial charge in [0, 0.05) is 25.4 Å². The molecule has 60 valence electrons. The fraction of sp³-hybridized carbons (Fsp3) is 0.500. The zero-order valence-corrected chi connectivity index (χ0v) is 6.42. The van der Waals surface area contributed by atoms with E-state index in [1.54, 1.807) is 0 Å². The summed E-state index contributed by atoms with van der Waals surface area (Å²) in [4.78, 5) is 8.49. The van der Waals surface area contributed by atoms with Crippen molar-refractivity contribution in [3.63, 3.8) is 0 Å². The number of hydroxylamine groups is 2. The number of hydrogen-bond donors (Lipinski definition) is 1. The summed E-state index contributed by atoms with van der Waals surface area (Å²) in [7, 11) is 0. The van der Waals surface area contributed by atoms with E-state index in [9.17, 15) is 0 Å². The van der Waals surface area contributed by atoms with E-state index in [1.165, 1.54) is 12.8 Å². The van der Waals surface area contributed by atoms with E-state index < -0.39 is 0 Å². The lowest BCUT2D eigenvalue weighted by molar-refractivity contribution is -0.0386. The second kappa shape index (κ2) is 2.96. The van der Waals surface area contributed by atoms with E-state index in [0.717, 1.165) is 19.0 Å². The average molecular weight is 152 g/mol. The topological polar surface area (TPSA) is 28.3 Å². The molecule has 2 heterocycles. The van der Waals surface area contributed by atoms with Gasteiger partial charge in [0.1, 0.15) is 0 Å². The molecule has 3 nitrogen and oxygen atoms in total. The number of rotatable bonds is 2. The monoisotopic (exact) mass is 152 g/mol. The lowest BCUT2D eigenvalue weighted by Crippen LogP contribution is -2.23. The number of nitrogens with one attached hydrogen (secondary N) is 1. The van der Waals surface area contributed by atoms with Gasteiger partial charge in [0.2, 0.25) is 5.88 Å². The molecule has 0 aliphatic carbocycles.